The molecule has 0 saturated heterocycles. The molecule has 0 aliphatic rings. The zero-order valence-electron chi connectivity index (χ0n) is 8.73. The number of rotatable bonds is 6. The summed E-state index contributed by atoms with van der Waals surface area (Å²) >= 11 is 0. The molecule has 0 bridgehead atoms. The van der Waals surface area contributed by atoms with Crippen LogP contribution >= 0.6 is 0 Å². The van der Waals surface area contributed by atoms with Crippen molar-refractivity contribution in [3.8, 4) is 5.75 Å². The van der Waals surface area contributed by atoms with Crippen LogP contribution in [-0.4, -0.2) is 24.4 Å². The summed E-state index contributed by atoms with van der Waals surface area (Å²) in [5.41, 5.74) is 6.35. The Kier molecular flexibility index (Phi) is 4.87. The first kappa shape index (κ1) is 11.8. The van der Waals surface area contributed by atoms with Gasteiger partial charge >= 0.3 is 0 Å². The maximum absolute atomic E-state index is 9.27. The average Bonchev–Trinajstić information content (AvgIpc) is 2.28. The molecule has 0 radical (unpaired) electrons. The highest BCUT2D eigenvalue weighted by molar-refractivity contribution is 5.34. The van der Waals surface area contributed by atoms with Crippen LogP contribution in [0.5, 0.6) is 5.75 Å². The minimum absolute atomic E-state index is 0.212. The van der Waals surface area contributed by atoms with Crippen molar-refractivity contribution in [3.63, 3.8) is 0 Å². The predicted molar refractivity (Wildman–Crippen MR) is 60.9 cm³/mol. The standard InChI is InChI=1S/C12H17NO2/c1-2-5-10-6-3-4-7-12(10)15-9-11(14)8-13/h2-4,6-7,11,14H,1,5,8-9,13H2. The van der Waals surface area contributed by atoms with E-state index in [1.54, 1.807) is 0 Å². The van der Waals surface area contributed by atoms with Crippen molar-refractivity contribution in [2.75, 3.05) is 13.2 Å². The van der Waals surface area contributed by atoms with Gasteiger partial charge in [0, 0.05) is 6.54 Å². The van der Waals surface area contributed by atoms with Gasteiger partial charge in [-0.25, -0.2) is 0 Å². The van der Waals surface area contributed by atoms with Crippen LogP contribution < -0.4 is 10.5 Å². The molecular formula is C12H17NO2. The third-order valence-electron chi connectivity index (χ3n) is 2.04. The zero-order chi connectivity index (χ0) is 11.1. The van der Waals surface area contributed by atoms with E-state index in [-0.39, 0.29) is 13.2 Å². The lowest BCUT2D eigenvalue weighted by Gasteiger charge is -2.12. The van der Waals surface area contributed by atoms with Crippen molar-refractivity contribution >= 4 is 0 Å². The number of benzene rings is 1. The maximum atomic E-state index is 9.27. The first-order valence-corrected chi connectivity index (χ1v) is 4.97. The molecule has 1 aromatic carbocycles. The van der Waals surface area contributed by atoms with Crippen LogP contribution in [0, 0.1) is 0 Å². The van der Waals surface area contributed by atoms with Crippen LogP contribution in [0.15, 0.2) is 36.9 Å². The van der Waals surface area contributed by atoms with E-state index in [0.717, 1.165) is 17.7 Å². The average molecular weight is 207 g/mol. The van der Waals surface area contributed by atoms with Crippen LogP contribution in [0.2, 0.25) is 0 Å². The highest BCUT2D eigenvalue weighted by atomic mass is 16.5. The van der Waals surface area contributed by atoms with E-state index in [2.05, 4.69) is 6.58 Å². The molecule has 0 saturated carbocycles. The quantitative estimate of drug-likeness (QED) is 0.687. The molecule has 3 heteroatoms. The van der Waals surface area contributed by atoms with Crippen molar-refractivity contribution in [1.82, 2.24) is 0 Å². The van der Waals surface area contributed by atoms with E-state index in [0.29, 0.717) is 0 Å². The Balaban J connectivity index is 2.62. The zero-order valence-corrected chi connectivity index (χ0v) is 8.73. The van der Waals surface area contributed by atoms with Crippen molar-refractivity contribution in [1.29, 1.82) is 0 Å². The number of allylic oxidation sites excluding steroid dienone is 1. The van der Waals surface area contributed by atoms with Crippen molar-refractivity contribution in [2.45, 2.75) is 12.5 Å². The van der Waals surface area contributed by atoms with Gasteiger partial charge < -0.3 is 15.6 Å². The lowest BCUT2D eigenvalue weighted by atomic mass is 10.1. The second-order valence-corrected chi connectivity index (χ2v) is 3.30. The largest absolute Gasteiger partial charge is 0.491 e. The molecule has 3 nitrogen and oxygen atoms in total. The van der Waals surface area contributed by atoms with Crippen LogP contribution in [-0.2, 0) is 6.42 Å². The van der Waals surface area contributed by atoms with Crippen molar-refractivity contribution in [3.05, 3.63) is 42.5 Å². The number of hydrogen-bond acceptors (Lipinski definition) is 3. The van der Waals surface area contributed by atoms with Crippen molar-refractivity contribution < 1.29 is 9.84 Å². The van der Waals surface area contributed by atoms with Gasteiger partial charge in [-0.15, -0.1) is 6.58 Å². The Hall–Kier alpha value is -1.32. The van der Waals surface area contributed by atoms with E-state index in [1.807, 2.05) is 30.3 Å². The molecule has 0 aliphatic heterocycles. The minimum Gasteiger partial charge on any atom is -0.491 e. The van der Waals surface area contributed by atoms with Gasteiger partial charge in [0.2, 0.25) is 0 Å². The van der Waals surface area contributed by atoms with E-state index < -0.39 is 6.10 Å². The summed E-state index contributed by atoms with van der Waals surface area (Å²) in [5, 5.41) is 9.27. The number of para-hydroxylation sites is 1. The summed E-state index contributed by atoms with van der Waals surface area (Å²) in [7, 11) is 0. The summed E-state index contributed by atoms with van der Waals surface area (Å²) in [6, 6.07) is 7.70. The molecule has 0 amide bonds. The monoisotopic (exact) mass is 207 g/mol. The highest BCUT2D eigenvalue weighted by Gasteiger charge is 2.04. The maximum Gasteiger partial charge on any atom is 0.122 e. The topological polar surface area (TPSA) is 55.5 Å². The molecular weight excluding hydrogens is 190 g/mol. The summed E-state index contributed by atoms with van der Waals surface area (Å²) in [6.07, 6.45) is 1.97. The summed E-state index contributed by atoms with van der Waals surface area (Å²) in [5.74, 6) is 0.782. The van der Waals surface area contributed by atoms with Gasteiger partial charge in [-0.05, 0) is 18.1 Å². The molecule has 0 aromatic heterocycles. The third-order valence-corrected chi connectivity index (χ3v) is 2.04. The smallest absolute Gasteiger partial charge is 0.122 e. The molecule has 82 valence electrons. The van der Waals surface area contributed by atoms with E-state index in [1.165, 1.54) is 0 Å². The summed E-state index contributed by atoms with van der Waals surface area (Å²) in [6.45, 7) is 4.12. The molecule has 3 N–H and O–H groups in total. The van der Waals surface area contributed by atoms with Crippen LogP contribution in [0.4, 0.5) is 0 Å². The highest BCUT2D eigenvalue weighted by Crippen LogP contribution is 2.18. The summed E-state index contributed by atoms with van der Waals surface area (Å²) < 4.78 is 5.46. The lowest BCUT2D eigenvalue weighted by molar-refractivity contribution is 0.113. The van der Waals surface area contributed by atoms with E-state index >= 15 is 0 Å². The fraction of sp³-hybridized carbons (Fsp3) is 0.333. The normalized spacial score (nSPS) is 12.1. The molecule has 0 aliphatic carbocycles. The van der Waals surface area contributed by atoms with Crippen LogP contribution in [0.25, 0.3) is 0 Å². The van der Waals surface area contributed by atoms with Gasteiger partial charge in [0.05, 0.1) is 0 Å². The second kappa shape index (κ2) is 6.22. The van der Waals surface area contributed by atoms with Crippen LogP contribution in [0.3, 0.4) is 0 Å². The van der Waals surface area contributed by atoms with Gasteiger partial charge in [-0.3, -0.25) is 0 Å². The number of ether oxygens (including phenoxy) is 1. The SMILES string of the molecule is C=CCc1ccccc1OCC(O)CN. The van der Waals surface area contributed by atoms with E-state index in [4.69, 9.17) is 10.5 Å². The van der Waals surface area contributed by atoms with Gasteiger partial charge in [-0.1, -0.05) is 24.3 Å². The molecule has 0 heterocycles. The molecule has 1 unspecified atom stereocenters. The van der Waals surface area contributed by atoms with Crippen molar-refractivity contribution in [2.24, 2.45) is 5.73 Å². The fourth-order valence-electron chi connectivity index (χ4n) is 1.22. The lowest BCUT2D eigenvalue weighted by Crippen LogP contribution is -2.26. The number of aliphatic hydroxyl groups is 1. The van der Waals surface area contributed by atoms with E-state index in [9.17, 15) is 5.11 Å². The first-order valence-electron chi connectivity index (χ1n) is 4.97. The third kappa shape index (κ3) is 3.73. The molecule has 0 fully saturated rings. The Morgan fingerprint density at radius 1 is 1.47 bits per heavy atom. The van der Waals surface area contributed by atoms with Gasteiger partial charge in [0.1, 0.15) is 18.5 Å². The van der Waals surface area contributed by atoms with Crippen LogP contribution in [0.1, 0.15) is 5.56 Å². The van der Waals surface area contributed by atoms with Gasteiger partial charge in [0.25, 0.3) is 0 Å². The molecule has 15 heavy (non-hydrogen) atoms. The molecule has 1 atom stereocenters. The second-order valence-electron chi connectivity index (χ2n) is 3.30. The first-order chi connectivity index (χ1) is 7.27. The predicted octanol–water partition coefficient (Wildman–Crippen LogP) is 1.11. The Labute approximate surface area is 90.2 Å². The molecule has 0 spiro atoms. The summed E-state index contributed by atoms with van der Waals surface area (Å²) in [4.78, 5) is 0. The molecule has 1 aromatic rings. The number of hydrogen-bond donors (Lipinski definition) is 2. The van der Waals surface area contributed by atoms with Gasteiger partial charge in [0.15, 0.2) is 0 Å². The molecule has 1 rings (SSSR count). The Morgan fingerprint density at radius 3 is 2.87 bits per heavy atom. The van der Waals surface area contributed by atoms with Gasteiger partial charge in [-0.2, -0.15) is 0 Å². The Morgan fingerprint density at radius 2 is 2.20 bits per heavy atom. The number of nitrogens with two attached hydrogens (primary N) is 1. The number of aliphatic hydroxyl groups excluding tert-OH is 1. The Bertz CT molecular complexity index is 312. The minimum atomic E-state index is -0.609. The fourth-order valence-corrected chi connectivity index (χ4v) is 1.22.